The first kappa shape index (κ1) is 10.0. The molecular weight excluding hydrogens is 186 g/mol. The predicted molar refractivity (Wildman–Crippen MR) is 60.8 cm³/mol. The maximum absolute atomic E-state index is 4.41. The molecule has 2 heterocycles. The van der Waals surface area contributed by atoms with Crippen LogP contribution >= 0.6 is 0 Å². The van der Waals surface area contributed by atoms with Crippen LogP contribution in [-0.4, -0.2) is 15.0 Å². The zero-order valence-corrected chi connectivity index (χ0v) is 9.57. The van der Waals surface area contributed by atoms with Gasteiger partial charge in [0.25, 0.3) is 0 Å². The first-order chi connectivity index (χ1) is 7.00. The van der Waals surface area contributed by atoms with Gasteiger partial charge in [-0.05, 0) is 12.3 Å². The summed E-state index contributed by atoms with van der Waals surface area (Å²) in [7, 11) is 0. The Kier molecular flexibility index (Phi) is 2.18. The second kappa shape index (κ2) is 3.26. The van der Waals surface area contributed by atoms with Crippen molar-refractivity contribution in [3.05, 3.63) is 29.8 Å². The Morgan fingerprint density at radius 2 is 1.53 bits per heavy atom. The van der Waals surface area contributed by atoms with E-state index in [4.69, 9.17) is 0 Å². The molecule has 0 bridgehead atoms. The summed E-state index contributed by atoms with van der Waals surface area (Å²) in [5.41, 5.74) is 4.01. The molecule has 0 unspecified atom stereocenters. The summed E-state index contributed by atoms with van der Waals surface area (Å²) in [6, 6.07) is 0. The zero-order chi connectivity index (χ0) is 11.1. The number of hydrogen-bond acceptors (Lipinski definition) is 3. The number of fused-ring (bicyclic) bond motifs is 1. The number of aromatic nitrogens is 3. The summed E-state index contributed by atoms with van der Waals surface area (Å²) < 4.78 is 0. The summed E-state index contributed by atoms with van der Waals surface area (Å²) in [5.74, 6) is 0. The molecule has 0 aliphatic heterocycles. The molecule has 15 heavy (non-hydrogen) atoms. The molecule has 2 aromatic rings. The number of pyridine rings is 1. The first-order valence-corrected chi connectivity index (χ1v) is 5.07. The molecule has 0 amide bonds. The van der Waals surface area contributed by atoms with E-state index in [0.29, 0.717) is 0 Å². The molecule has 0 atom stereocenters. The third-order valence-electron chi connectivity index (χ3n) is 2.49. The Morgan fingerprint density at radius 1 is 0.933 bits per heavy atom. The standard InChI is InChI=1S/C12H15N3/c1-8-10-11(14-6-5-13-10)9(7-15-8)12(2,3)4/h5-7H,1-4H3. The highest BCUT2D eigenvalue weighted by Crippen LogP contribution is 2.27. The summed E-state index contributed by atoms with van der Waals surface area (Å²) in [4.78, 5) is 13.1. The van der Waals surface area contributed by atoms with Gasteiger partial charge in [0.05, 0.1) is 11.2 Å². The lowest BCUT2D eigenvalue weighted by molar-refractivity contribution is 0.591. The van der Waals surface area contributed by atoms with Crippen molar-refractivity contribution in [3.8, 4) is 0 Å². The second-order valence-corrected chi connectivity index (χ2v) is 4.76. The maximum Gasteiger partial charge on any atom is 0.110 e. The molecule has 0 spiro atoms. The topological polar surface area (TPSA) is 38.7 Å². The van der Waals surface area contributed by atoms with Crippen LogP contribution in [0.5, 0.6) is 0 Å². The van der Waals surface area contributed by atoms with Gasteiger partial charge in [-0.3, -0.25) is 15.0 Å². The predicted octanol–water partition coefficient (Wildman–Crippen LogP) is 2.63. The lowest BCUT2D eigenvalue weighted by atomic mass is 9.87. The summed E-state index contributed by atoms with van der Waals surface area (Å²) in [5, 5.41) is 0. The molecule has 0 fully saturated rings. The molecule has 0 saturated carbocycles. The van der Waals surface area contributed by atoms with E-state index in [2.05, 4.69) is 35.7 Å². The molecule has 0 saturated heterocycles. The molecule has 0 aromatic carbocycles. The zero-order valence-electron chi connectivity index (χ0n) is 9.57. The van der Waals surface area contributed by atoms with Crippen LogP contribution in [0.25, 0.3) is 11.0 Å². The van der Waals surface area contributed by atoms with Crippen LogP contribution in [0.15, 0.2) is 18.6 Å². The maximum atomic E-state index is 4.41. The van der Waals surface area contributed by atoms with E-state index < -0.39 is 0 Å². The van der Waals surface area contributed by atoms with Crippen molar-refractivity contribution in [2.24, 2.45) is 0 Å². The number of nitrogens with zero attached hydrogens (tertiary/aromatic N) is 3. The third-order valence-corrected chi connectivity index (χ3v) is 2.49. The highest BCUT2D eigenvalue weighted by molar-refractivity contribution is 5.80. The minimum absolute atomic E-state index is 0.0506. The number of hydrogen-bond donors (Lipinski definition) is 0. The smallest absolute Gasteiger partial charge is 0.110 e. The summed E-state index contributed by atoms with van der Waals surface area (Å²) in [6.45, 7) is 8.44. The van der Waals surface area contributed by atoms with Crippen molar-refractivity contribution in [2.75, 3.05) is 0 Å². The van der Waals surface area contributed by atoms with E-state index in [-0.39, 0.29) is 5.41 Å². The van der Waals surface area contributed by atoms with Gasteiger partial charge in [-0.1, -0.05) is 20.8 Å². The minimum atomic E-state index is 0.0506. The summed E-state index contributed by atoms with van der Waals surface area (Å²) in [6.07, 6.45) is 5.35. The number of aryl methyl sites for hydroxylation is 1. The van der Waals surface area contributed by atoms with Gasteiger partial charge in [0.1, 0.15) is 5.52 Å². The van der Waals surface area contributed by atoms with Crippen molar-refractivity contribution >= 4 is 11.0 Å². The normalized spacial score (nSPS) is 12.0. The molecule has 3 nitrogen and oxygen atoms in total. The lowest BCUT2D eigenvalue weighted by Crippen LogP contribution is -2.13. The number of rotatable bonds is 0. The van der Waals surface area contributed by atoms with Crippen molar-refractivity contribution in [2.45, 2.75) is 33.1 Å². The fourth-order valence-electron chi connectivity index (χ4n) is 1.63. The monoisotopic (exact) mass is 201 g/mol. The second-order valence-electron chi connectivity index (χ2n) is 4.76. The van der Waals surface area contributed by atoms with Crippen LogP contribution in [0, 0.1) is 6.92 Å². The van der Waals surface area contributed by atoms with E-state index >= 15 is 0 Å². The summed E-state index contributed by atoms with van der Waals surface area (Å²) >= 11 is 0. The molecule has 2 aromatic heterocycles. The van der Waals surface area contributed by atoms with Crippen molar-refractivity contribution in [1.29, 1.82) is 0 Å². The van der Waals surface area contributed by atoms with E-state index in [9.17, 15) is 0 Å². The average Bonchev–Trinajstić information content (AvgIpc) is 2.17. The lowest BCUT2D eigenvalue weighted by Gasteiger charge is -2.20. The van der Waals surface area contributed by atoms with Crippen LogP contribution in [0.3, 0.4) is 0 Å². The molecule has 0 aliphatic carbocycles. The fourth-order valence-corrected chi connectivity index (χ4v) is 1.63. The van der Waals surface area contributed by atoms with E-state index in [1.54, 1.807) is 12.4 Å². The largest absolute Gasteiger partial charge is 0.259 e. The van der Waals surface area contributed by atoms with E-state index in [1.807, 2.05) is 13.1 Å². The van der Waals surface area contributed by atoms with Gasteiger partial charge < -0.3 is 0 Å². The Bertz CT molecular complexity index is 498. The molecule has 0 radical (unpaired) electrons. The van der Waals surface area contributed by atoms with Crippen LogP contribution in [-0.2, 0) is 5.41 Å². The van der Waals surface area contributed by atoms with Gasteiger partial charge in [0, 0.05) is 24.2 Å². The molecule has 78 valence electrons. The molecule has 3 heteroatoms. The van der Waals surface area contributed by atoms with Crippen molar-refractivity contribution in [1.82, 2.24) is 15.0 Å². The van der Waals surface area contributed by atoms with Gasteiger partial charge in [-0.15, -0.1) is 0 Å². The molecular formula is C12H15N3. The van der Waals surface area contributed by atoms with E-state index in [1.165, 1.54) is 0 Å². The Morgan fingerprint density at radius 3 is 2.13 bits per heavy atom. The van der Waals surface area contributed by atoms with Gasteiger partial charge in [0.2, 0.25) is 0 Å². The van der Waals surface area contributed by atoms with Gasteiger partial charge in [-0.2, -0.15) is 0 Å². The van der Waals surface area contributed by atoms with Crippen molar-refractivity contribution < 1.29 is 0 Å². The van der Waals surface area contributed by atoms with Crippen LogP contribution in [0.4, 0.5) is 0 Å². The fraction of sp³-hybridized carbons (Fsp3) is 0.417. The van der Waals surface area contributed by atoms with E-state index in [0.717, 1.165) is 22.3 Å². The molecule has 0 aliphatic rings. The average molecular weight is 201 g/mol. The van der Waals surface area contributed by atoms with Gasteiger partial charge in [-0.25, -0.2) is 0 Å². The minimum Gasteiger partial charge on any atom is -0.259 e. The SMILES string of the molecule is Cc1ncc(C(C)(C)C)c2nccnc12. The van der Waals surface area contributed by atoms with Gasteiger partial charge >= 0.3 is 0 Å². The third kappa shape index (κ3) is 1.69. The van der Waals surface area contributed by atoms with Crippen LogP contribution < -0.4 is 0 Å². The quantitative estimate of drug-likeness (QED) is 0.657. The molecule has 0 N–H and O–H groups in total. The highest BCUT2D eigenvalue weighted by atomic mass is 14.8. The van der Waals surface area contributed by atoms with Crippen LogP contribution in [0.2, 0.25) is 0 Å². The Hall–Kier alpha value is -1.51. The Balaban J connectivity index is 2.84. The Labute approximate surface area is 89.6 Å². The molecule has 2 rings (SSSR count). The van der Waals surface area contributed by atoms with Crippen molar-refractivity contribution in [3.63, 3.8) is 0 Å². The van der Waals surface area contributed by atoms with Crippen LogP contribution in [0.1, 0.15) is 32.0 Å². The highest BCUT2D eigenvalue weighted by Gasteiger charge is 2.19. The first-order valence-electron chi connectivity index (χ1n) is 5.07. The van der Waals surface area contributed by atoms with Gasteiger partial charge in [0.15, 0.2) is 0 Å².